The van der Waals surface area contributed by atoms with Gasteiger partial charge < -0.3 is 19.2 Å². The minimum atomic E-state index is -0.697. The molecule has 2 aromatic heterocycles. The number of nitrogens with zero attached hydrogens (tertiary/aromatic N) is 3. The third-order valence-electron chi connectivity index (χ3n) is 8.31. The third kappa shape index (κ3) is 8.07. The van der Waals surface area contributed by atoms with Crippen molar-refractivity contribution in [3.8, 4) is 22.5 Å². The Labute approximate surface area is 292 Å². The van der Waals surface area contributed by atoms with E-state index in [1.807, 2.05) is 120 Å². The molecule has 1 aliphatic heterocycles. The minimum absolute atomic E-state index is 0.120. The van der Waals surface area contributed by atoms with E-state index in [1.165, 1.54) is 0 Å². The van der Waals surface area contributed by atoms with Crippen molar-refractivity contribution in [2.24, 2.45) is 0 Å². The quantitative estimate of drug-likeness (QED) is 0.135. The highest BCUT2D eigenvalue weighted by Gasteiger charge is 2.33. The smallest absolute Gasteiger partial charge is 0.419 e. The standard InChI is InChI=1S/C40H44N4O6/c1-39(2,3)49-35(45)22-27-14-19-32-30(21-27)23-34(44(32)38(47)50-40(4,5)6)29-17-15-28(16-18-29)31-24-41-36(42-31)33-13-10-20-43(33)37(46)48-25-26-11-8-7-9-12-26/h7-9,11-12,14-19,21,23-24,33H,10,13,20,22,25H2,1-6H3,(H,41,42)/t33-/m0/s1. The Kier molecular flexibility index (Phi) is 9.56. The van der Waals surface area contributed by atoms with E-state index in [9.17, 15) is 14.4 Å². The van der Waals surface area contributed by atoms with E-state index in [0.717, 1.165) is 46.2 Å². The number of hydrogen-bond acceptors (Lipinski definition) is 7. The zero-order valence-corrected chi connectivity index (χ0v) is 29.5. The number of carbonyl (C=O) groups is 3. The van der Waals surface area contributed by atoms with Gasteiger partial charge in [0, 0.05) is 11.9 Å². The Bertz CT molecular complexity index is 2000. The minimum Gasteiger partial charge on any atom is -0.460 e. The van der Waals surface area contributed by atoms with Crippen LogP contribution in [0.2, 0.25) is 0 Å². The first-order valence-electron chi connectivity index (χ1n) is 17.0. The lowest BCUT2D eigenvalue weighted by Gasteiger charge is -2.22. The van der Waals surface area contributed by atoms with E-state index < -0.39 is 17.3 Å². The van der Waals surface area contributed by atoms with Crippen LogP contribution in [0.4, 0.5) is 9.59 Å². The molecule has 1 amide bonds. The summed E-state index contributed by atoms with van der Waals surface area (Å²) in [6, 6.07) is 24.8. The molecule has 0 aliphatic carbocycles. The first-order chi connectivity index (χ1) is 23.7. The molecule has 0 saturated carbocycles. The molecule has 0 unspecified atom stereocenters. The van der Waals surface area contributed by atoms with Gasteiger partial charge in [-0.05, 0) is 94.8 Å². The second-order valence-electron chi connectivity index (χ2n) is 14.7. The first-order valence-corrected chi connectivity index (χ1v) is 17.0. The Balaban J connectivity index is 1.23. The van der Waals surface area contributed by atoms with Crippen LogP contribution in [0, 0.1) is 0 Å². The van der Waals surface area contributed by atoms with Crippen molar-refractivity contribution in [3.05, 3.63) is 102 Å². The summed E-state index contributed by atoms with van der Waals surface area (Å²) in [6.07, 6.45) is 2.71. The molecule has 0 spiro atoms. The number of aromatic nitrogens is 3. The van der Waals surface area contributed by atoms with Gasteiger partial charge in [-0.25, -0.2) is 19.1 Å². The number of esters is 1. The second kappa shape index (κ2) is 13.9. The third-order valence-corrected chi connectivity index (χ3v) is 8.31. The molecule has 0 bridgehead atoms. The SMILES string of the molecule is CC(C)(C)OC(=O)Cc1ccc2c(c1)cc(-c1ccc(-c3cnc([C@@H]4CCCN4C(=O)OCc4ccccc4)[nH]3)cc1)n2C(=O)OC(C)(C)C. The van der Waals surface area contributed by atoms with Crippen LogP contribution in [-0.2, 0) is 32.0 Å². The number of nitrogens with one attached hydrogen (secondary N) is 1. The summed E-state index contributed by atoms with van der Waals surface area (Å²) >= 11 is 0. The monoisotopic (exact) mass is 676 g/mol. The highest BCUT2D eigenvalue weighted by atomic mass is 16.6. The number of ether oxygens (including phenoxy) is 3. The largest absolute Gasteiger partial charge is 0.460 e. The number of imidazole rings is 1. The van der Waals surface area contributed by atoms with Crippen LogP contribution < -0.4 is 0 Å². The van der Waals surface area contributed by atoms with Crippen LogP contribution in [-0.4, -0.2) is 55.3 Å². The number of fused-ring (bicyclic) bond motifs is 1. The maximum Gasteiger partial charge on any atom is 0.419 e. The Hall–Kier alpha value is -5.38. The molecule has 10 nitrogen and oxygen atoms in total. The molecular weight excluding hydrogens is 632 g/mol. The van der Waals surface area contributed by atoms with Crippen LogP contribution in [0.25, 0.3) is 33.4 Å². The number of rotatable bonds is 7. The van der Waals surface area contributed by atoms with E-state index in [2.05, 4.69) is 9.97 Å². The molecule has 5 aromatic rings. The van der Waals surface area contributed by atoms with E-state index in [-0.39, 0.29) is 31.1 Å². The van der Waals surface area contributed by atoms with Crippen molar-refractivity contribution >= 4 is 29.1 Å². The fourth-order valence-electron chi connectivity index (χ4n) is 6.18. The van der Waals surface area contributed by atoms with Gasteiger partial charge in [0.05, 0.1) is 35.6 Å². The van der Waals surface area contributed by atoms with Gasteiger partial charge in [0.25, 0.3) is 0 Å². The Morgan fingerprint density at radius 3 is 2.22 bits per heavy atom. The Morgan fingerprint density at radius 1 is 0.820 bits per heavy atom. The zero-order valence-electron chi connectivity index (χ0n) is 29.5. The van der Waals surface area contributed by atoms with Gasteiger partial charge >= 0.3 is 18.2 Å². The summed E-state index contributed by atoms with van der Waals surface area (Å²) in [6.45, 7) is 11.9. The molecule has 10 heteroatoms. The molecule has 260 valence electrons. The van der Waals surface area contributed by atoms with Gasteiger partial charge in [-0.2, -0.15) is 0 Å². The van der Waals surface area contributed by atoms with Gasteiger partial charge in [-0.15, -0.1) is 0 Å². The molecule has 1 N–H and O–H groups in total. The van der Waals surface area contributed by atoms with E-state index in [0.29, 0.717) is 23.6 Å². The molecular formula is C40H44N4O6. The second-order valence-corrected chi connectivity index (χ2v) is 14.7. The number of carbonyl (C=O) groups excluding carboxylic acids is 3. The molecule has 50 heavy (non-hydrogen) atoms. The van der Waals surface area contributed by atoms with Crippen LogP contribution in [0.15, 0.2) is 85.1 Å². The topological polar surface area (TPSA) is 116 Å². The van der Waals surface area contributed by atoms with Crippen LogP contribution in [0.5, 0.6) is 0 Å². The molecule has 1 atom stereocenters. The number of hydrogen-bond donors (Lipinski definition) is 1. The molecule has 1 aliphatic rings. The average Bonchev–Trinajstić information content (AvgIpc) is 3.81. The normalized spacial score (nSPS) is 14.9. The van der Waals surface area contributed by atoms with Crippen LogP contribution in [0.3, 0.4) is 0 Å². The van der Waals surface area contributed by atoms with Gasteiger partial charge in [-0.3, -0.25) is 9.69 Å². The van der Waals surface area contributed by atoms with Crippen LogP contribution in [0.1, 0.15) is 77.4 Å². The highest BCUT2D eigenvalue weighted by molar-refractivity contribution is 5.97. The highest BCUT2D eigenvalue weighted by Crippen LogP contribution is 2.34. The average molecular weight is 677 g/mol. The number of likely N-dealkylation sites (tertiary alicyclic amines) is 1. The van der Waals surface area contributed by atoms with Crippen molar-refractivity contribution in [1.82, 2.24) is 19.4 Å². The maximum absolute atomic E-state index is 13.6. The lowest BCUT2D eigenvalue weighted by atomic mass is 10.1. The van der Waals surface area contributed by atoms with Crippen LogP contribution >= 0.6 is 0 Å². The predicted molar refractivity (Wildman–Crippen MR) is 191 cm³/mol. The summed E-state index contributed by atoms with van der Waals surface area (Å²) in [4.78, 5) is 48.9. The summed E-state index contributed by atoms with van der Waals surface area (Å²) in [5.74, 6) is 0.398. The van der Waals surface area contributed by atoms with E-state index >= 15 is 0 Å². The molecule has 3 heterocycles. The van der Waals surface area contributed by atoms with Crippen molar-refractivity contribution in [3.63, 3.8) is 0 Å². The van der Waals surface area contributed by atoms with E-state index in [4.69, 9.17) is 14.2 Å². The summed E-state index contributed by atoms with van der Waals surface area (Å²) in [5.41, 5.74) is 4.32. The van der Waals surface area contributed by atoms with Gasteiger partial charge in [0.2, 0.25) is 0 Å². The fourth-order valence-corrected chi connectivity index (χ4v) is 6.18. The van der Waals surface area contributed by atoms with Gasteiger partial charge in [0.15, 0.2) is 0 Å². The van der Waals surface area contributed by atoms with E-state index in [1.54, 1.807) is 15.7 Å². The van der Waals surface area contributed by atoms with Crippen molar-refractivity contribution in [1.29, 1.82) is 0 Å². The van der Waals surface area contributed by atoms with Crippen molar-refractivity contribution in [2.45, 2.75) is 84.7 Å². The zero-order chi connectivity index (χ0) is 35.6. The number of H-pyrrole nitrogens is 1. The molecule has 1 saturated heterocycles. The predicted octanol–water partition coefficient (Wildman–Crippen LogP) is 8.84. The fraction of sp³-hybridized carbons (Fsp3) is 0.350. The molecule has 0 radical (unpaired) electrons. The summed E-state index contributed by atoms with van der Waals surface area (Å²) in [7, 11) is 0. The number of amides is 1. The lowest BCUT2D eigenvalue weighted by molar-refractivity contribution is -0.153. The maximum atomic E-state index is 13.6. The number of aromatic amines is 1. The lowest BCUT2D eigenvalue weighted by Crippen LogP contribution is -2.31. The van der Waals surface area contributed by atoms with Crippen molar-refractivity contribution < 1.29 is 28.6 Å². The van der Waals surface area contributed by atoms with Crippen molar-refractivity contribution in [2.75, 3.05) is 6.54 Å². The Morgan fingerprint density at radius 2 is 1.52 bits per heavy atom. The number of benzene rings is 3. The molecule has 6 rings (SSSR count). The summed E-state index contributed by atoms with van der Waals surface area (Å²) in [5, 5.41) is 0.803. The molecule has 3 aromatic carbocycles. The van der Waals surface area contributed by atoms with Gasteiger partial charge in [-0.1, -0.05) is 60.7 Å². The molecule has 1 fully saturated rings. The summed E-state index contributed by atoms with van der Waals surface area (Å²) < 4.78 is 18.5. The van der Waals surface area contributed by atoms with Gasteiger partial charge in [0.1, 0.15) is 23.6 Å². The first kappa shape index (κ1) is 34.5.